The molecule has 1 fully saturated rings. The van der Waals surface area contributed by atoms with Crippen LogP contribution in [0.3, 0.4) is 0 Å². The smallest absolute Gasteiger partial charge is 0.253 e. The molecular weight excluding hydrogens is 446 g/mol. The van der Waals surface area contributed by atoms with Crippen LogP contribution in [-0.2, 0) is 22.2 Å². The van der Waals surface area contributed by atoms with Crippen LogP contribution in [0.15, 0.2) is 24.3 Å². The maximum Gasteiger partial charge on any atom is 0.253 e. The molecule has 0 unspecified atom stereocenters. The Kier molecular flexibility index (Phi) is 8.42. The zero-order chi connectivity index (χ0) is 26.8. The number of likely N-dealkylation sites (N-methyl/N-ethyl adjacent to an activating group) is 1. The summed E-state index contributed by atoms with van der Waals surface area (Å²) in [5, 5.41) is 2.84. The van der Waals surface area contributed by atoms with Crippen LogP contribution >= 0.6 is 0 Å². The Labute approximate surface area is 218 Å². The molecule has 1 aromatic carbocycles. The minimum atomic E-state index is -0.186. The van der Waals surface area contributed by atoms with Crippen LogP contribution in [0.1, 0.15) is 101 Å². The lowest BCUT2D eigenvalue weighted by Crippen LogP contribution is -2.36. The summed E-state index contributed by atoms with van der Waals surface area (Å²) in [6, 6.07) is 8.99. The maximum absolute atomic E-state index is 13.2. The van der Waals surface area contributed by atoms with E-state index in [0.717, 1.165) is 23.5 Å². The summed E-state index contributed by atoms with van der Waals surface area (Å²) in [5.41, 5.74) is 6.52. The standard InChI is InChI=1S/C31H47N3O2/c1-21-26(29(36)32-19-28(35)33(8)9)18-27(34(21)20-22-13-11-10-12-14-22)23-15-24(30(2,3)4)17-25(16-23)31(5,6)7/h15-18,22H,10-14,19-20H2,1-9H3,(H,32,36). The van der Waals surface area contributed by atoms with Crippen molar-refractivity contribution in [1.29, 1.82) is 0 Å². The molecule has 2 amide bonds. The van der Waals surface area contributed by atoms with Gasteiger partial charge >= 0.3 is 0 Å². The fourth-order valence-corrected chi connectivity index (χ4v) is 5.03. The van der Waals surface area contributed by atoms with Crippen LogP contribution in [0.5, 0.6) is 0 Å². The molecule has 1 N–H and O–H groups in total. The van der Waals surface area contributed by atoms with Gasteiger partial charge in [0, 0.05) is 32.0 Å². The largest absolute Gasteiger partial charge is 0.347 e. The predicted molar refractivity (Wildman–Crippen MR) is 150 cm³/mol. The number of amides is 2. The van der Waals surface area contributed by atoms with E-state index in [1.165, 1.54) is 48.1 Å². The van der Waals surface area contributed by atoms with Gasteiger partial charge in [-0.05, 0) is 71.4 Å². The fraction of sp³-hybridized carbons (Fsp3) is 0.613. The van der Waals surface area contributed by atoms with E-state index in [1.807, 2.05) is 13.0 Å². The SMILES string of the molecule is Cc1c(C(=O)NCC(=O)N(C)C)cc(-c2cc(C(C)(C)C)cc(C(C)(C)C)c2)n1CC1CCCCC1. The third-order valence-electron chi connectivity index (χ3n) is 7.64. The Bertz CT molecular complexity index is 1060. The fourth-order valence-electron chi connectivity index (χ4n) is 5.03. The van der Waals surface area contributed by atoms with Crippen LogP contribution in [0.2, 0.25) is 0 Å². The van der Waals surface area contributed by atoms with E-state index in [2.05, 4.69) is 69.6 Å². The van der Waals surface area contributed by atoms with Gasteiger partial charge in [-0.3, -0.25) is 9.59 Å². The Morgan fingerprint density at radius 3 is 1.97 bits per heavy atom. The van der Waals surface area contributed by atoms with Gasteiger partial charge in [-0.1, -0.05) is 66.9 Å². The van der Waals surface area contributed by atoms with Gasteiger partial charge in [-0.15, -0.1) is 0 Å². The highest BCUT2D eigenvalue weighted by molar-refractivity contribution is 5.98. The first-order valence-corrected chi connectivity index (χ1v) is 13.5. The van der Waals surface area contributed by atoms with Crippen LogP contribution in [0.4, 0.5) is 0 Å². The number of nitrogens with zero attached hydrogens (tertiary/aromatic N) is 2. The van der Waals surface area contributed by atoms with Crippen molar-refractivity contribution in [2.24, 2.45) is 5.92 Å². The molecule has 0 spiro atoms. The Hall–Kier alpha value is -2.56. The number of rotatable bonds is 6. The average molecular weight is 494 g/mol. The maximum atomic E-state index is 13.2. The van der Waals surface area contributed by atoms with Gasteiger partial charge in [0.1, 0.15) is 0 Å². The quantitative estimate of drug-likeness (QED) is 0.502. The molecule has 1 aromatic heterocycles. The number of aromatic nitrogens is 1. The molecule has 2 aromatic rings. The molecular formula is C31H47N3O2. The highest BCUT2D eigenvalue weighted by atomic mass is 16.2. The van der Waals surface area contributed by atoms with Gasteiger partial charge in [0.2, 0.25) is 5.91 Å². The molecule has 1 aliphatic rings. The topological polar surface area (TPSA) is 54.3 Å². The first-order chi connectivity index (χ1) is 16.7. The number of hydrogen-bond acceptors (Lipinski definition) is 2. The van der Waals surface area contributed by atoms with Crippen LogP contribution in [0.25, 0.3) is 11.3 Å². The number of carbonyl (C=O) groups excluding carboxylic acids is 2. The molecule has 0 saturated heterocycles. The van der Waals surface area contributed by atoms with E-state index in [9.17, 15) is 9.59 Å². The van der Waals surface area contributed by atoms with Gasteiger partial charge in [-0.2, -0.15) is 0 Å². The number of hydrogen-bond donors (Lipinski definition) is 1. The van der Waals surface area contributed by atoms with Crippen LogP contribution in [0, 0.1) is 12.8 Å². The van der Waals surface area contributed by atoms with E-state index in [1.54, 1.807) is 14.1 Å². The highest BCUT2D eigenvalue weighted by Gasteiger charge is 2.25. The van der Waals surface area contributed by atoms with Crippen molar-refractivity contribution in [3.63, 3.8) is 0 Å². The van der Waals surface area contributed by atoms with Gasteiger partial charge < -0.3 is 14.8 Å². The van der Waals surface area contributed by atoms with Gasteiger partial charge in [0.15, 0.2) is 0 Å². The van der Waals surface area contributed by atoms with Gasteiger partial charge in [0.05, 0.1) is 12.1 Å². The number of nitrogens with one attached hydrogen (secondary N) is 1. The number of carbonyl (C=O) groups is 2. The first-order valence-electron chi connectivity index (χ1n) is 13.5. The second-order valence-corrected chi connectivity index (χ2v) is 12.9. The number of benzene rings is 1. The molecule has 0 atom stereocenters. The second kappa shape index (κ2) is 10.8. The molecule has 0 aliphatic heterocycles. The normalized spacial score (nSPS) is 15.1. The minimum absolute atomic E-state index is 0.00208. The molecule has 198 valence electrons. The molecule has 0 radical (unpaired) electrons. The van der Waals surface area contributed by atoms with Crippen molar-refractivity contribution in [2.45, 2.75) is 97.9 Å². The van der Waals surface area contributed by atoms with Crippen molar-refractivity contribution < 1.29 is 9.59 Å². The van der Waals surface area contributed by atoms with Crippen molar-refractivity contribution in [1.82, 2.24) is 14.8 Å². The van der Waals surface area contributed by atoms with Crippen LogP contribution < -0.4 is 5.32 Å². The van der Waals surface area contributed by atoms with E-state index < -0.39 is 0 Å². The zero-order valence-corrected chi connectivity index (χ0v) is 24.0. The lowest BCUT2D eigenvalue weighted by molar-refractivity contribution is -0.127. The van der Waals surface area contributed by atoms with Crippen molar-refractivity contribution in [2.75, 3.05) is 20.6 Å². The lowest BCUT2D eigenvalue weighted by atomic mass is 9.79. The molecule has 0 bridgehead atoms. The third kappa shape index (κ3) is 6.60. The summed E-state index contributed by atoms with van der Waals surface area (Å²) in [6.07, 6.45) is 6.38. The zero-order valence-electron chi connectivity index (χ0n) is 24.0. The van der Waals surface area contributed by atoms with Crippen molar-refractivity contribution >= 4 is 11.8 Å². The molecule has 1 saturated carbocycles. The van der Waals surface area contributed by atoms with E-state index in [0.29, 0.717) is 11.5 Å². The molecule has 5 nitrogen and oxygen atoms in total. The Balaban J connectivity index is 2.11. The molecule has 36 heavy (non-hydrogen) atoms. The summed E-state index contributed by atoms with van der Waals surface area (Å²) in [6.45, 7) is 16.5. The second-order valence-electron chi connectivity index (χ2n) is 12.9. The summed E-state index contributed by atoms with van der Waals surface area (Å²) < 4.78 is 2.37. The van der Waals surface area contributed by atoms with E-state index >= 15 is 0 Å². The summed E-state index contributed by atoms with van der Waals surface area (Å²) in [7, 11) is 3.40. The highest BCUT2D eigenvalue weighted by Crippen LogP contribution is 2.36. The average Bonchev–Trinajstić information content (AvgIpc) is 3.12. The monoisotopic (exact) mass is 493 g/mol. The molecule has 1 heterocycles. The summed E-state index contributed by atoms with van der Waals surface area (Å²) in [4.78, 5) is 26.8. The molecule has 1 aliphatic carbocycles. The molecule has 3 rings (SSSR count). The van der Waals surface area contributed by atoms with E-state index in [-0.39, 0.29) is 29.2 Å². The lowest BCUT2D eigenvalue weighted by Gasteiger charge is -2.27. The van der Waals surface area contributed by atoms with E-state index in [4.69, 9.17) is 0 Å². The third-order valence-corrected chi connectivity index (χ3v) is 7.64. The predicted octanol–water partition coefficient (Wildman–Crippen LogP) is 6.46. The summed E-state index contributed by atoms with van der Waals surface area (Å²) in [5.74, 6) is 0.327. The molecule has 5 heteroatoms. The van der Waals surface area contributed by atoms with Gasteiger partial charge in [0.25, 0.3) is 5.91 Å². The Morgan fingerprint density at radius 2 is 1.47 bits per heavy atom. The first kappa shape index (κ1) is 28.0. The summed E-state index contributed by atoms with van der Waals surface area (Å²) >= 11 is 0. The van der Waals surface area contributed by atoms with Crippen molar-refractivity contribution in [3.8, 4) is 11.3 Å². The van der Waals surface area contributed by atoms with Crippen molar-refractivity contribution in [3.05, 3.63) is 46.6 Å². The minimum Gasteiger partial charge on any atom is -0.347 e. The Morgan fingerprint density at radius 1 is 0.917 bits per heavy atom. The van der Waals surface area contributed by atoms with Gasteiger partial charge in [-0.25, -0.2) is 0 Å². The van der Waals surface area contributed by atoms with Crippen LogP contribution in [-0.4, -0.2) is 41.9 Å².